The number of nitrogens with one attached hydrogen (secondary N) is 2. The van der Waals surface area contributed by atoms with Crippen molar-refractivity contribution in [3.63, 3.8) is 0 Å². The summed E-state index contributed by atoms with van der Waals surface area (Å²) in [5, 5.41) is 6.33. The third-order valence-corrected chi connectivity index (χ3v) is 11.0. The van der Waals surface area contributed by atoms with E-state index in [1.165, 1.54) is 0 Å². The van der Waals surface area contributed by atoms with Crippen molar-refractivity contribution in [3.05, 3.63) is 30.0 Å². The molecule has 0 spiro atoms. The molecule has 0 bridgehead atoms. The summed E-state index contributed by atoms with van der Waals surface area (Å²) in [6.07, 6.45) is 13.6. The molecule has 50 heavy (non-hydrogen) atoms. The number of hydrogen-bond acceptors (Lipinski definition) is 11. The summed E-state index contributed by atoms with van der Waals surface area (Å²) in [6, 6.07) is 4.75. The Morgan fingerprint density at radius 2 is 1.78 bits per heavy atom. The maximum Gasteiger partial charge on any atom is 0.323 e. The van der Waals surface area contributed by atoms with Crippen LogP contribution in [0, 0.1) is 5.92 Å². The van der Waals surface area contributed by atoms with Crippen LogP contribution in [0.1, 0.15) is 94.3 Å². The second-order valence-corrected chi connectivity index (χ2v) is 14.3. The van der Waals surface area contributed by atoms with Gasteiger partial charge in [0.05, 0.1) is 19.0 Å². The van der Waals surface area contributed by atoms with Gasteiger partial charge in [0.25, 0.3) is 5.91 Å². The van der Waals surface area contributed by atoms with Crippen LogP contribution in [0.4, 0.5) is 23.1 Å². The van der Waals surface area contributed by atoms with Gasteiger partial charge < -0.3 is 40.5 Å². The molecule has 2 aliphatic heterocycles. The molecule has 2 amide bonds. The van der Waals surface area contributed by atoms with Crippen LogP contribution in [0.15, 0.2) is 24.4 Å². The van der Waals surface area contributed by atoms with Crippen molar-refractivity contribution in [3.8, 4) is 5.75 Å². The van der Waals surface area contributed by atoms with Gasteiger partial charge in [0.1, 0.15) is 29.6 Å². The van der Waals surface area contributed by atoms with E-state index in [4.69, 9.17) is 20.2 Å². The summed E-state index contributed by atoms with van der Waals surface area (Å²) in [5.74, 6) is 1.72. The summed E-state index contributed by atoms with van der Waals surface area (Å²) in [5.41, 5.74) is 8.04. The molecule has 1 aromatic carbocycles. The Bertz CT molecular complexity index is 1500. The van der Waals surface area contributed by atoms with Gasteiger partial charge in [-0.05, 0) is 101 Å². The van der Waals surface area contributed by atoms with Crippen LogP contribution in [-0.4, -0.2) is 97.2 Å². The number of aromatic nitrogens is 2. The number of ether oxygens (including phenoxy) is 2. The highest BCUT2D eigenvalue weighted by Crippen LogP contribution is 2.40. The Balaban J connectivity index is 1.00. The minimum atomic E-state index is -0.551. The molecule has 2 saturated carbocycles. The maximum atomic E-state index is 13.2. The number of carbonyl (C=O) groups is 3. The predicted molar refractivity (Wildman–Crippen MR) is 193 cm³/mol. The number of methoxy groups -OCH3 is 1. The van der Waals surface area contributed by atoms with E-state index < -0.39 is 6.04 Å². The fraction of sp³-hybridized carbons (Fsp3) is 0.649. The lowest BCUT2D eigenvalue weighted by Crippen LogP contribution is -2.55. The number of nitrogens with zero attached hydrogens (tertiary/aromatic N) is 5. The van der Waals surface area contributed by atoms with Crippen molar-refractivity contribution < 1.29 is 23.9 Å². The van der Waals surface area contributed by atoms with E-state index in [0.29, 0.717) is 53.9 Å². The first-order valence-electron chi connectivity index (χ1n) is 18.6. The smallest absolute Gasteiger partial charge is 0.323 e. The number of rotatable bonds is 13. The number of likely N-dealkylation sites (N-methyl/N-ethyl adjacent to an activating group) is 1. The van der Waals surface area contributed by atoms with E-state index in [-0.39, 0.29) is 36.0 Å². The normalized spacial score (nSPS) is 21.3. The Hall–Kier alpha value is -3.97. The molecule has 1 aromatic heterocycles. The van der Waals surface area contributed by atoms with E-state index in [0.717, 1.165) is 89.7 Å². The molecule has 4 N–H and O–H groups in total. The molecular weight excluding hydrogens is 636 g/mol. The van der Waals surface area contributed by atoms with Gasteiger partial charge in [0.2, 0.25) is 11.9 Å². The Labute approximate surface area is 295 Å². The lowest BCUT2D eigenvalue weighted by Gasteiger charge is -2.43. The van der Waals surface area contributed by atoms with Crippen LogP contribution in [0.2, 0.25) is 0 Å². The van der Waals surface area contributed by atoms with Crippen LogP contribution in [0.25, 0.3) is 0 Å². The molecule has 3 heterocycles. The molecule has 2 atom stereocenters. The molecule has 1 unspecified atom stereocenters. The minimum Gasteiger partial charge on any atom is -0.495 e. The summed E-state index contributed by atoms with van der Waals surface area (Å²) in [6.45, 7) is 5.14. The number of carbonyl (C=O) groups excluding carboxylic acids is 3. The van der Waals surface area contributed by atoms with Gasteiger partial charge >= 0.3 is 5.97 Å². The van der Waals surface area contributed by atoms with E-state index in [9.17, 15) is 14.4 Å². The van der Waals surface area contributed by atoms with Gasteiger partial charge in [-0.25, -0.2) is 4.98 Å². The fourth-order valence-corrected chi connectivity index (χ4v) is 8.09. The average Bonchev–Trinajstić information content (AvgIpc) is 3.86. The van der Waals surface area contributed by atoms with Crippen molar-refractivity contribution in [2.75, 3.05) is 55.5 Å². The van der Waals surface area contributed by atoms with E-state index in [2.05, 4.69) is 25.4 Å². The van der Waals surface area contributed by atoms with Crippen LogP contribution in [0.5, 0.6) is 5.75 Å². The van der Waals surface area contributed by atoms with Gasteiger partial charge in [-0.1, -0.05) is 19.8 Å². The molecule has 272 valence electrons. The number of fused-ring (bicyclic) bond motifs is 1. The molecule has 2 aliphatic carbocycles. The van der Waals surface area contributed by atoms with Crippen molar-refractivity contribution in [2.45, 2.75) is 108 Å². The van der Waals surface area contributed by atoms with Crippen molar-refractivity contribution in [1.82, 2.24) is 20.2 Å². The highest BCUT2D eigenvalue weighted by atomic mass is 16.5. The van der Waals surface area contributed by atoms with Crippen LogP contribution in [-0.2, 0) is 14.3 Å². The SMILES string of the molecule is CC[C@@H]1C(=O)N(C)c2cnc(Nc3ccc(C(=O)NCCN4CCC(CC(N)C(=O)OC5CCCC5)CC4)cc3OC)nc2N1C1CCCC1. The number of hydrogen-bond donors (Lipinski definition) is 3. The molecule has 3 fully saturated rings. The molecule has 4 aliphatic rings. The summed E-state index contributed by atoms with van der Waals surface area (Å²) in [7, 11) is 3.36. The van der Waals surface area contributed by atoms with E-state index in [1.54, 1.807) is 43.5 Å². The lowest BCUT2D eigenvalue weighted by molar-refractivity contribution is -0.150. The summed E-state index contributed by atoms with van der Waals surface area (Å²) >= 11 is 0. The molecule has 13 nitrogen and oxygen atoms in total. The first-order valence-corrected chi connectivity index (χ1v) is 18.6. The molecule has 2 aromatic rings. The zero-order valence-electron chi connectivity index (χ0n) is 29.9. The molecule has 13 heteroatoms. The number of esters is 1. The zero-order valence-corrected chi connectivity index (χ0v) is 29.9. The average molecular weight is 691 g/mol. The van der Waals surface area contributed by atoms with Crippen molar-refractivity contribution in [2.24, 2.45) is 11.7 Å². The second kappa shape index (κ2) is 16.4. The van der Waals surface area contributed by atoms with Gasteiger partial charge in [-0.2, -0.15) is 4.98 Å². The van der Waals surface area contributed by atoms with Gasteiger partial charge in [-0.3, -0.25) is 14.4 Å². The first-order chi connectivity index (χ1) is 24.2. The topological polar surface area (TPSA) is 155 Å². The zero-order chi connectivity index (χ0) is 35.2. The van der Waals surface area contributed by atoms with Gasteiger partial charge in [0, 0.05) is 31.7 Å². The fourth-order valence-electron chi connectivity index (χ4n) is 8.09. The van der Waals surface area contributed by atoms with E-state index >= 15 is 0 Å². The third kappa shape index (κ3) is 8.15. The quantitative estimate of drug-likeness (QED) is 0.257. The van der Waals surface area contributed by atoms with Crippen LogP contribution in [0.3, 0.4) is 0 Å². The van der Waals surface area contributed by atoms with Crippen molar-refractivity contribution in [1.29, 1.82) is 0 Å². The standard InChI is InChI=1S/C37H54N8O5/c1-4-30-35(47)43(2)31-23-40-37(42-33(31)45(30)26-9-5-6-10-26)41-29-14-13-25(22-32(29)49-3)34(46)39-17-20-44-18-15-24(16-19-44)21-28(38)36(48)50-27-11-7-8-12-27/h13-14,22-24,26-28,30H,4-12,15-21,38H2,1-3H3,(H,39,46)(H,40,41,42)/t28?,30-/m1/s1. The third-order valence-electron chi connectivity index (χ3n) is 11.0. The monoisotopic (exact) mass is 690 g/mol. The van der Waals surface area contributed by atoms with Crippen LogP contribution >= 0.6 is 0 Å². The molecular formula is C37H54N8O5. The number of benzene rings is 1. The molecule has 6 rings (SSSR count). The minimum absolute atomic E-state index is 0.0505. The lowest BCUT2D eigenvalue weighted by atomic mass is 9.90. The first kappa shape index (κ1) is 35.8. The van der Waals surface area contributed by atoms with Gasteiger partial charge in [-0.15, -0.1) is 0 Å². The highest BCUT2D eigenvalue weighted by molar-refractivity contribution is 6.04. The van der Waals surface area contributed by atoms with Gasteiger partial charge in [0.15, 0.2) is 5.82 Å². The molecule has 0 radical (unpaired) electrons. The summed E-state index contributed by atoms with van der Waals surface area (Å²) < 4.78 is 11.3. The molecule has 1 saturated heterocycles. The Morgan fingerprint density at radius 1 is 1.06 bits per heavy atom. The Morgan fingerprint density at radius 3 is 2.48 bits per heavy atom. The number of likely N-dealkylation sites (tertiary alicyclic amines) is 1. The van der Waals surface area contributed by atoms with Crippen molar-refractivity contribution >= 4 is 40.9 Å². The largest absolute Gasteiger partial charge is 0.495 e. The predicted octanol–water partition coefficient (Wildman–Crippen LogP) is 4.38. The maximum absolute atomic E-state index is 13.2. The number of anilines is 4. The Kier molecular flexibility index (Phi) is 11.7. The highest BCUT2D eigenvalue weighted by Gasteiger charge is 2.41. The summed E-state index contributed by atoms with van der Waals surface area (Å²) in [4.78, 5) is 54.4. The van der Waals surface area contributed by atoms with Crippen LogP contribution < -0.4 is 30.9 Å². The van der Waals surface area contributed by atoms with E-state index in [1.807, 2.05) is 6.92 Å². The second-order valence-electron chi connectivity index (χ2n) is 14.3. The number of piperidine rings is 1. The number of amides is 2. The number of nitrogens with two attached hydrogens (primary N) is 1.